The molecule has 2 atom stereocenters. The van der Waals surface area contributed by atoms with Gasteiger partial charge in [-0.05, 0) is 58.3 Å². The molecule has 2 heterocycles. The van der Waals surface area contributed by atoms with Gasteiger partial charge in [-0.25, -0.2) is 0 Å². The molecule has 2 N–H and O–H groups in total. The summed E-state index contributed by atoms with van der Waals surface area (Å²) in [4.78, 5) is 12.3. The van der Waals surface area contributed by atoms with E-state index in [2.05, 4.69) is 31.5 Å². The average molecular weight is 345 g/mol. The minimum absolute atomic E-state index is 0.105. The van der Waals surface area contributed by atoms with Crippen LogP contribution in [0.25, 0.3) is 0 Å². The molecule has 0 saturated carbocycles. The fraction of sp³-hybridized carbons (Fsp3) is 0.737. The van der Waals surface area contributed by atoms with Crippen LogP contribution in [-0.4, -0.2) is 39.8 Å². The molecule has 3 rings (SSSR count). The third-order valence-corrected chi connectivity index (χ3v) is 5.47. The molecule has 1 aromatic heterocycles. The van der Waals surface area contributed by atoms with Gasteiger partial charge in [-0.2, -0.15) is 0 Å². The molecule has 1 amide bonds. The van der Waals surface area contributed by atoms with Crippen LogP contribution in [0.4, 0.5) is 0 Å². The lowest BCUT2D eigenvalue weighted by molar-refractivity contribution is -0.122. The van der Waals surface area contributed by atoms with Gasteiger partial charge in [0, 0.05) is 26.1 Å². The molecule has 6 nitrogen and oxygen atoms in total. The Kier molecular flexibility index (Phi) is 6.24. The van der Waals surface area contributed by atoms with Crippen molar-refractivity contribution in [2.75, 3.05) is 13.1 Å². The van der Waals surface area contributed by atoms with Gasteiger partial charge in [0.15, 0.2) is 0 Å². The van der Waals surface area contributed by atoms with E-state index in [0.717, 1.165) is 50.5 Å². The number of fused-ring (bicyclic) bond motifs is 1. The zero-order chi connectivity index (χ0) is 17.6. The molecule has 6 heteroatoms. The highest BCUT2D eigenvalue weighted by Gasteiger charge is 2.22. The van der Waals surface area contributed by atoms with Crippen molar-refractivity contribution in [3.05, 3.63) is 23.3 Å². The smallest absolute Gasteiger partial charge is 0.236 e. The van der Waals surface area contributed by atoms with Crippen molar-refractivity contribution in [2.24, 2.45) is 5.92 Å². The summed E-state index contributed by atoms with van der Waals surface area (Å²) in [7, 11) is 0. The Morgan fingerprint density at radius 1 is 1.36 bits per heavy atom. The first-order chi connectivity index (χ1) is 12.1. The first kappa shape index (κ1) is 18.1. The molecule has 0 bridgehead atoms. The molecule has 1 aliphatic carbocycles. The van der Waals surface area contributed by atoms with Crippen LogP contribution < -0.4 is 10.6 Å². The van der Waals surface area contributed by atoms with E-state index in [1.807, 2.05) is 13.8 Å². The highest BCUT2D eigenvalue weighted by Crippen LogP contribution is 2.20. The van der Waals surface area contributed by atoms with Crippen LogP contribution >= 0.6 is 0 Å². The van der Waals surface area contributed by atoms with Crippen LogP contribution in [-0.2, 0) is 17.8 Å². The molecule has 0 fully saturated rings. The maximum Gasteiger partial charge on any atom is 0.236 e. The van der Waals surface area contributed by atoms with Crippen LogP contribution in [0.5, 0.6) is 0 Å². The summed E-state index contributed by atoms with van der Waals surface area (Å²) in [5, 5.41) is 14.8. The summed E-state index contributed by atoms with van der Waals surface area (Å²) in [6.07, 6.45) is 10.4. The zero-order valence-corrected chi connectivity index (χ0v) is 15.6. The Labute approximate surface area is 150 Å². The third kappa shape index (κ3) is 4.91. The van der Waals surface area contributed by atoms with Crippen molar-refractivity contribution < 1.29 is 4.79 Å². The lowest BCUT2D eigenvalue weighted by Crippen LogP contribution is -2.45. The second-order valence-electron chi connectivity index (χ2n) is 7.46. The average Bonchev–Trinajstić information content (AvgIpc) is 3.01. The number of carbonyl (C=O) groups excluding carboxylic acids is 1. The fourth-order valence-corrected chi connectivity index (χ4v) is 3.76. The SMILES string of the molecule is Cc1nnc2n1C[C@@H](CN[C@@H](C)C(=O)NCCC1=CCCCC1)CC2. The predicted molar refractivity (Wildman–Crippen MR) is 98.2 cm³/mol. The summed E-state index contributed by atoms with van der Waals surface area (Å²) in [6, 6.07) is -0.149. The molecular formula is C19H31N5O. The number of rotatable bonds is 7. The number of carbonyl (C=O) groups is 1. The van der Waals surface area contributed by atoms with Gasteiger partial charge in [0.2, 0.25) is 5.91 Å². The number of aryl methyl sites for hydroxylation is 2. The van der Waals surface area contributed by atoms with Gasteiger partial charge in [-0.15, -0.1) is 10.2 Å². The summed E-state index contributed by atoms with van der Waals surface area (Å²) in [5.41, 5.74) is 1.51. The number of hydrogen-bond acceptors (Lipinski definition) is 4. The minimum Gasteiger partial charge on any atom is -0.354 e. The summed E-state index contributed by atoms with van der Waals surface area (Å²) < 4.78 is 2.21. The van der Waals surface area contributed by atoms with Gasteiger partial charge in [0.25, 0.3) is 0 Å². The van der Waals surface area contributed by atoms with E-state index >= 15 is 0 Å². The maximum absolute atomic E-state index is 12.3. The standard InChI is InChI=1S/C19H31N5O/c1-14(19(25)20-11-10-16-6-4-3-5-7-16)21-12-17-8-9-18-23-22-15(2)24(18)13-17/h6,14,17,21H,3-5,7-13H2,1-2H3,(H,20,25)/t14-,17+/m0/s1. The van der Waals surface area contributed by atoms with Crippen LogP contribution in [0.2, 0.25) is 0 Å². The molecule has 0 saturated heterocycles. The van der Waals surface area contributed by atoms with Crippen molar-refractivity contribution in [3.8, 4) is 0 Å². The highest BCUT2D eigenvalue weighted by molar-refractivity contribution is 5.81. The number of amides is 1. The first-order valence-electron chi connectivity index (χ1n) is 9.71. The normalized spacial score (nSPS) is 21.4. The van der Waals surface area contributed by atoms with E-state index in [1.165, 1.54) is 31.3 Å². The predicted octanol–water partition coefficient (Wildman–Crippen LogP) is 2.13. The van der Waals surface area contributed by atoms with Crippen LogP contribution in [0.3, 0.4) is 0 Å². The van der Waals surface area contributed by atoms with Crippen LogP contribution in [0, 0.1) is 12.8 Å². The molecule has 25 heavy (non-hydrogen) atoms. The second-order valence-corrected chi connectivity index (χ2v) is 7.46. The van der Waals surface area contributed by atoms with E-state index in [9.17, 15) is 4.79 Å². The quantitative estimate of drug-likeness (QED) is 0.743. The Morgan fingerprint density at radius 2 is 2.24 bits per heavy atom. The second kappa shape index (κ2) is 8.61. The van der Waals surface area contributed by atoms with Crippen molar-refractivity contribution in [3.63, 3.8) is 0 Å². The topological polar surface area (TPSA) is 71.8 Å². The first-order valence-corrected chi connectivity index (χ1v) is 9.71. The largest absolute Gasteiger partial charge is 0.354 e. The van der Waals surface area contributed by atoms with Gasteiger partial charge in [-0.1, -0.05) is 11.6 Å². The van der Waals surface area contributed by atoms with Gasteiger partial charge in [-0.3, -0.25) is 4.79 Å². The number of hydrogen-bond donors (Lipinski definition) is 2. The van der Waals surface area contributed by atoms with Crippen molar-refractivity contribution in [1.29, 1.82) is 0 Å². The molecule has 0 unspecified atom stereocenters. The summed E-state index contributed by atoms with van der Waals surface area (Å²) >= 11 is 0. The third-order valence-electron chi connectivity index (χ3n) is 5.47. The summed E-state index contributed by atoms with van der Waals surface area (Å²) in [6.45, 7) is 6.52. The molecule has 1 aliphatic heterocycles. The van der Waals surface area contributed by atoms with Crippen LogP contribution in [0.1, 0.15) is 57.1 Å². The molecule has 2 aliphatic rings. The molecule has 1 aromatic rings. The fourth-order valence-electron chi connectivity index (χ4n) is 3.76. The Balaban J connectivity index is 1.36. The molecule has 0 spiro atoms. The number of aromatic nitrogens is 3. The van der Waals surface area contributed by atoms with Crippen molar-refractivity contribution >= 4 is 5.91 Å². The highest BCUT2D eigenvalue weighted by atomic mass is 16.2. The Morgan fingerprint density at radius 3 is 3.04 bits per heavy atom. The van der Waals surface area contributed by atoms with E-state index in [-0.39, 0.29) is 11.9 Å². The van der Waals surface area contributed by atoms with Crippen LogP contribution in [0.15, 0.2) is 11.6 Å². The summed E-state index contributed by atoms with van der Waals surface area (Å²) in [5.74, 6) is 2.72. The van der Waals surface area contributed by atoms with Gasteiger partial charge < -0.3 is 15.2 Å². The zero-order valence-electron chi connectivity index (χ0n) is 15.6. The maximum atomic E-state index is 12.3. The minimum atomic E-state index is -0.149. The monoisotopic (exact) mass is 345 g/mol. The molecule has 0 radical (unpaired) electrons. The lowest BCUT2D eigenvalue weighted by atomic mass is 9.97. The van der Waals surface area contributed by atoms with E-state index in [0.29, 0.717) is 5.92 Å². The van der Waals surface area contributed by atoms with Crippen molar-refractivity contribution in [2.45, 2.75) is 71.4 Å². The number of allylic oxidation sites excluding steroid dienone is 1. The molecular weight excluding hydrogens is 314 g/mol. The Hall–Kier alpha value is -1.69. The van der Waals surface area contributed by atoms with E-state index in [1.54, 1.807) is 0 Å². The number of nitrogens with zero attached hydrogens (tertiary/aromatic N) is 3. The molecule has 138 valence electrons. The van der Waals surface area contributed by atoms with Gasteiger partial charge in [0.1, 0.15) is 11.6 Å². The lowest BCUT2D eigenvalue weighted by Gasteiger charge is -2.25. The molecule has 0 aromatic carbocycles. The number of nitrogens with one attached hydrogen (secondary N) is 2. The van der Waals surface area contributed by atoms with Gasteiger partial charge >= 0.3 is 0 Å². The van der Waals surface area contributed by atoms with E-state index in [4.69, 9.17) is 0 Å². The van der Waals surface area contributed by atoms with E-state index < -0.39 is 0 Å². The Bertz CT molecular complexity index is 621. The van der Waals surface area contributed by atoms with Crippen molar-refractivity contribution in [1.82, 2.24) is 25.4 Å². The van der Waals surface area contributed by atoms with Gasteiger partial charge in [0.05, 0.1) is 6.04 Å².